The SMILES string of the molecule is COc1ncc(C=CCSC(C)=O)c(OC)n1. The predicted octanol–water partition coefficient (Wildman–Crippen LogP) is 1.79. The smallest absolute Gasteiger partial charge is 0.319 e. The third-order valence-corrected chi connectivity index (χ3v) is 2.58. The number of rotatable bonds is 5. The largest absolute Gasteiger partial charge is 0.480 e. The zero-order chi connectivity index (χ0) is 12.7. The normalized spacial score (nSPS) is 10.5. The van der Waals surface area contributed by atoms with Gasteiger partial charge in [-0.05, 0) is 0 Å². The Hall–Kier alpha value is -1.56. The van der Waals surface area contributed by atoms with E-state index in [0.29, 0.717) is 11.6 Å². The summed E-state index contributed by atoms with van der Waals surface area (Å²) in [5, 5.41) is 0.0904. The number of aromatic nitrogens is 2. The van der Waals surface area contributed by atoms with Crippen molar-refractivity contribution in [1.29, 1.82) is 0 Å². The lowest BCUT2D eigenvalue weighted by Crippen LogP contribution is -1.97. The average Bonchev–Trinajstić information content (AvgIpc) is 2.34. The first-order valence-electron chi connectivity index (χ1n) is 4.92. The van der Waals surface area contributed by atoms with E-state index in [1.165, 1.54) is 32.9 Å². The number of hydrogen-bond acceptors (Lipinski definition) is 6. The van der Waals surface area contributed by atoms with Crippen LogP contribution in [0.25, 0.3) is 6.08 Å². The molecule has 1 aromatic heterocycles. The molecule has 0 aliphatic rings. The maximum Gasteiger partial charge on any atom is 0.319 e. The molecule has 1 aromatic rings. The van der Waals surface area contributed by atoms with Gasteiger partial charge in [-0.2, -0.15) is 4.98 Å². The highest BCUT2D eigenvalue weighted by Gasteiger charge is 2.04. The number of hydrogen-bond donors (Lipinski definition) is 0. The average molecular weight is 254 g/mol. The highest BCUT2D eigenvalue weighted by molar-refractivity contribution is 8.13. The highest BCUT2D eigenvalue weighted by Crippen LogP contribution is 2.18. The van der Waals surface area contributed by atoms with Crippen LogP contribution in [0.2, 0.25) is 0 Å². The molecule has 0 fully saturated rings. The molecule has 6 heteroatoms. The predicted molar refractivity (Wildman–Crippen MR) is 67.3 cm³/mol. The molecule has 0 amide bonds. The van der Waals surface area contributed by atoms with Gasteiger partial charge in [-0.15, -0.1) is 0 Å². The van der Waals surface area contributed by atoms with Crippen molar-refractivity contribution in [3.8, 4) is 11.9 Å². The molecule has 92 valence electrons. The first-order valence-corrected chi connectivity index (χ1v) is 5.91. The van der Waals surface area contributed by atoms with Crippen LogP contribution in [0.15, 0.2) is 12.3 Å². The number of ether oxygens (including phenoxy) is 2. The molecule has 0 aromatic carbocycles. The van der Waals surface area contributed by atoms with Gasteiger partial charge in [0, 0.05) is 18.9 Å². The Bertz CT molecular complexity index is 421. The molecule has 0 saturated heterocycles. The Kier molecular flexibility index (Phi) is 5.48. The second kappa shape index (κ2) is 6.90. The molecular weight excluding hydrogens is 240 g/mol. The van der Waals surface area contributed by atoms with E-state index in [0.717, 1.165) is 5.56 Å². The summed E-state index contributed by atoms with van der Waals surface area (Å²) in [4.78, 5) is 18.7. The molecule has 0 bridgehead atoms. The summed E-state index contributed by atoms with van der Waals surface area (Å²) in [6.45, 7) is 1.54. The van der Waals surface area contributed by atoms with Gasteiger partial charge in [0.1, 0.15) is 0 Å². The molecule has 1 rings (SSSR count). The minimum atomic E-state index is 0.0904. The van der Waals surface area contributed by atoms with E-state index in [1.807, 2.05) is 12.2 Å². The molecule has 1 heterocycles. The maximum absolute atomic E-state index is 10.7. The third-order valence-electron chi connectivity index (χ3n) is 1.81. The van der Waals surface area contributed by atoms with Crippen molar-refractivity contribution >= 4 is 23.0 Å². The summed E-state index contributed by atoms with van der Waals surface area (Å²) in [6.07, 6.45) is 5.29. The first-order chi connectivity index (χ1) is 8.17. The van der Waals surface area contributed by atoms with Crippen molar-refractivity contribution in [1.82, 2.24) is 9.97 Å². The maximum atomic E-state index is 10.7. The second-order valence-electron chi connectivity index (χ2n) is 3.03. The lowest BCUT2D eigenvalue weighted by molar-refractivity contribution is -0.109. The van der Waals surface area contributed by atoms with Gasteiger partial charge >= 0.3 is 6.01 Å². The fraction of sp³-hybridized carbons (Fsp3) is 0.364. The summed E-state index contributed by atoms with van der Waals surface area (Å²) in [5.74, 6) is 1.06. The summed E-state index contributed by atoms with van der Waals surface area (Å²) < 4.78 is 10.0. The van der Waals surface area contributed by atoms with Gasteiger partial charge in [-0.1, -0.05) is 23.9 Å². The lowest BCUT2D eigenvalue weighted by Gasteiger charge is -2.04. The van der Waals surface area contributed by atoms with Crippen LogP contribution in [0, 0.1) is 0 Å². The van der Waals surface area contributed by atoms with Crippen LogP contribution in [-0.2, 0) is 4.79 Å². The molecule has 0 spiro atoms. The topological polar surface area (TPSA) is 61.3 Å². The van der Waals surface area contributed by atoms with Crippen molar-refractivity contribution in [2.75, 3.05) is 20.0 Å². The molecule has 0 aliphatic heterocycles. The number of thioether (sulfide) groups is 1. The quantitative estimate of drug-likeness (QED) is 0.798. The van der Waals surface area contributed by atoms with E-state index in [1.54, 1.807) is 6.20 Å². The molecule has 17 heavy (non-hydrogen) atoms. The fourth-order valence-electron chi connectivity index (χ4n) is 1.08. The van der Waals surface area contributed by atoms with Crippen LogP contribution in [0.1, 0.15) is 12.5 Å². The van der Waals surface area contributed by atoms with Crippen molar-refractivity contribution in [2.45, 2.75) is 6.92 Å². The fourth-order valence-corrected chi connectivity index (χ4v) is 1.50. The molecule has 5 nitrogen and oxygen atoms in total. The van der Waals surface area contributed by atoms with Crippen molar-refractivity contribution < 1.29 is 14.3 Å². The monoisotopic (exact) mass is 254 g/mol. The van der Waals surface area contributed by atoms with E-state index >= 15 is 0 Å². The Morgan fingerprint density at radius 2 is 2.24 bits per heavy atom. The van der Waals surface area contributed by atoms with E-state index in [2.05, 4.69) is 9.97 Å². The molecule has 0 atom stereocenters. The number of methoxy groups -OCH3 is 2. The van der Waals surface area contributed by atoms with Gasteiger partial charge in [0.15, 0.2) is 5.12 Å². The van der Waals surface area contributed by atoms with Crippen molar-refractivity contribution in [2.24, 2.45) is 0 Å². The third kappa shape index (κ3) is 4.44. The molecule has 0 aliphatic carbocycles. The van der Waals surface area contributed by atoms with E-state index in [-0.39, 0.29) is 11.1 Å². The molecule has 0 saturated carbocycles. The summed E-state index contributed by atoms with van der Waals surface area (Å²) in [5.41, 5.74) is 0.748. The standard InChI is InChI=1S/C11H14N2O3S/c1-8(14)17-6-4-5-9-7-12-11(16-3)13-10(9)15-2/h4-5,7H,6H2,1-3H3. The first kappa shape index (κ1) is 13.5. The van der Waals surface area contributed by atoms with E-state index < -0.39 is 0 Å². The second-order valence-corrected chi connectivity index (χ2v) is 4.22. The van der Waals surface area contributed by atoms with Crippen molar-refractivity contribution in [3.63, 3.8) is 0 Å². The summed E-state index contributed by atoms with van der Waals surface area (Å²) in [6, 6.07) is 0.261. The van der Waals surface area contributed by atoms with Gasteiger partial charge in [0.05, 0.1) is 19.8 Å². The number of carbonyl (C=O) groups is 1. The summed E-state index contributed by atoms with van der Waals surface area (Å²) in [7, 11) is 3.03. The minimum Gasteiger partial charge on any atom is -0.480 e. The van der Waals surface area contributed by atoms with Gasteiger partial charge in [-0.25, -0.2) is 4.98 Å². The Balaban J connectivity index is 2.73. The molecule has 0 N–H and O–H groups in total. The van der Waals surface area contributed by atoms with Crippen molar-refractivity contribution in [3.05, 3.63) is 17.8 Å². The van der Waals surface area contributed by atoms with Crippen LogP contribution in [0.5, 0.6) is 11.9 Å². The Morgan fingerprint density at radius 1 is 1.47 bits per heavy atom. The Labute approximate surface area is 104 Å². The lowest BCUT2D eigenvalue weighted by atomic mass is 10.3. The van der Waals surface area contributed by atoms with Gasteiger partial charge in [-0.3, -0.25) is 4.79 Å². The number of carbonyl (C=O) groups excluding carboxylic acids is 1. The van der Waals surface area contributed by atoms with Crippen LogP contribution < -0.4 is 9.47 Å². The van der Waals surface area contributed by atoms with Gasteiger partial charge in [0.2, 0.25) is 5.88 Å². The minimum absolute atomic E-state index is 0.0904. The van der Waals surface area contributed by atoms with E-state index in [9.17, 15) is 4.79 Å². The van der Waals surface area contributed by atoms with Gasteiger partial charge in [0.25, 0.3) is 0 Å². The van der Waals surface area contributed by atoms with Crippen LogP contribution in [0.3, 0.4) is 0 Å². The van der Waals surface area contributed by atoms with E-state index in [4.69, 9.17) is 9.47 Å². The zero-order valence-corrected chi connectivity index (χ0v) is 10.8. The van der Waals surface area contributed by atoms with Crippen LogP contribution >= 0.6 is 11.8 Å². The molecule has 0 radical (unpaired) electrons. The van der Waals surface area contributed by atoms with Crippen LogP contribution in [0.4, 0.5) is 0 Å². The Morgan fingerprint density at radius 3 is 2.82 bits per heavy atom. The van der Waals surface area contributed by atoms with Crippen LogP contribution in [-0.4, -0.2) is 35.1 Å². The highest BCUT2D eigenvalue weighted by atomic mass is 32.2. The van der Waals surface area contributed by atoms with Gasteiger partial charge < -0.3 is 9.47 Å². The number of nitrogens with zero attached hydrogens (tertiary/aromatic N) is 2. The zero-order valence-electron chi connectivity index (χ0n) is 9.97. The molecule has 0 unspecified atom stereocenters. The molecular formula is C11H14N2O3S. The summed E-state index contributed by atoms with van der Waals surface area (Å²) >= 11 is 1.24.